The minimum atomic E-state index is -0.0387. The molecule has 160 valence electrons. The Morgan fingerprint density at radius 2 is 1.53 bits per heavy atom. The molecule has 1 N–H and O–H groups in total. The molecule has 3 aromatic carbocycles. The van der Waals surface area contributed by atoms with Crippen LogP contribution in [0.2, 0.25) is 0 Å². The number of hydrogen-bond donors (Lipinski definition) is 1. The number of likely N-dealkylation sites (tertiary alicyclic amines) is 1. The van der Waals surface area contributed by atoms with Crippen molar-refractivity contribution in [3.8, 4) is 0 Å². The fraction of sp³-hybridized carbons (Fsp3) is 0.214. The molecule has 0 unspecified atom stereocenters. The van der Waals surface area contributed by atoms with Gasteiger partial charge in [-0.05, 0) is 48.9 Å². The largest absolute Gasteiger partial charge is 0.360 e. The molecule has 0 aliphatic carbocycles. The van der Waals surface area contributed by atoms with E-state index in [0.717, 1.165) is 43.3 Å². The number of hydrogen-bond acceptors (Lipinski definition) is 2. The molecule has 1 saturated heterocycles. The van der Waals surface area contributed by atoms with E-state index >= 15 is 0 Å². The van der Waals surface area contributed by atoms with Crippen molar-refractivity contribution in [1.29, 1.82) is 0 Å². The number of amides is 1. The van der Waals surface area contributed by atoms with Crippen LogP contribution in [0.4, 0.5) is 0 Å². The maximum Gasteiger partial charge on any atom is 0.253 e. The van der Waals surface area contributed by atoms with E-state index in [9.17, 15) is 9.59 Å². The van der Waals surface area contributed by atoms with Crippen LogP contribution in [0.1, 0.15) is 44.7 Å². The molecule has 0 atom stereocenters. The summed E-state index contributed by atoms with van der Waals surface area (Å²) in [7, 11) is 0. The Morgan fingerprint density at radius 3 is 2.25 bits per heavy atom. The van der Waals surface area contributed by atoms with Gasteiger partial charge in [0, 0.05) is 46.9 Å². The van der Waals surface area contributed by atoms with E-state index in [2.05, 4.69) is 29.2 Å². The molecule has 1 amide bonds. The predicted octanol–water partition coefficient (Wildman–Crippen LogP) is 5.49. The summed E-state index contributed by atoms with van der Waals surface area (Å²) in [6.45, 7) is 1.55. The molecule has 1 aromatic heterocycles. The first-order valence-corrected chi connectivity index (χ1v) is 11.2. The highest BCUT2D eigenvalue weighted by Crippen LogP contribution is 2.26. The molecule has 1 aliphatic rings. The summed E-state index contributed by atoms with van der Waals surface area (Å²) in [6, 6.07) is 25.4. The number of piperidine rings is 1. The first-order valence-electron chi connectivity index (χ1n) is 11.2. The number of carbonyl (C=O) groups is 2. The van der Waals surface area contributed by atoms with Crippen molar-refractivity contribution in [2.24, 2.45) is 5.92 Å². The lowest BCUT2D eigenvalue weighted by Gasteiger charge is -2.32. The number of nitrogens with zero attached hydrogens (tertiary/aromatic N) is 1. The van der Waals surface area contributed by atoms with Crippen LogP contribution in [-0.2, 0) is 6.42 Å². The van der Waals surface area contributed by atoms with E-state index in [4.69, 9.17) is 0 Å². The first-order chi connectivity index (χ1) is 15.7. The topological polar surface area (TPSA) is 53.2 Å². The molecule has 0 spiro atoms. The summed E-state index contributed by atoms with van der Waals surface area (Å²) in [5, 5.41) is 0.795. The number of H-pyrrole nitrogens is 1. The number of benzene rings is 3. The molecule has 1 fully saturated rings. The Bertz CT molecular complexity index is 1240. The van der Waals surface area contributed by atoms with Gasteiger partial charge in [0.05, 0.1) is 0 Å². The van der Waals surface area contributed by atoms with Gasteiger partial charge in [-0.2, -0.15) is 0 Å². The fourth-order valence-corrected chi connectivity index (χ4v) is 4.66. The zero-order valence-electron chi connectivity index (χ0n) is 18.0. The van der Waals surface area contributed by atoms with E-state index in [1.54, 1.807) is 6.20 Å². The number of rotatable bonds is 5. The molecule has 4 aromatic rings. The van der Waals surface area contributed by atoms with Gasteiger partial charge in [-0.25, -0.2) is 0 Å². The lowest BCUT2D eigenvalue weighted by atomic mass is 9.90. The lowest BCUT2D eigenvalue weighted by Crippen LogP contribution is -2.38. The highest BCUT2D eigenvalue weighted by atomic mass is 16.2. The highest BCUT2D eigenvalue weighted by molar-refractivity contribution is 6.17. The summed E-state index contributed by atoms with van der Waals surface area (Å²) in [5.41, 5.74) is 4.11. The molecule has 0 radical (unpaired) electrons. The second-order valence-corrected chi connectivity index (χ2v) is 8.58. The number of carbonyl (C=O) groups excluding carboxylic acids is 2. The van der Waals surface area contributed by atoms with Crippen molar-refractivity contribution in [2.45, 2.75) is 19.3 Å². The Hall–Kier alpha value is -3.66. The van der Waals surface area contributed by atoms with Crippen LogP contribution in [0.15, 0.2) is 85.1 Å². The average Bonchev–Trinajstić information content (AvgIpc) is 3.28. The van der Waals surface area contributed by atoms with E-state index in [0.29, 0.717) is 22.6 Å². The van der Waals surface area contributed by atoms with Crippen LogP contribution in [0.25, 0.3) is 10.9 Å². The Morgan fingerprint density at radius 1 is 0.844 bits per heavy atom. The van der Waals surface area contributed by atoms with Gasteiger partial charge in [0.15, 0.2) is 5.78 Å². The zero-order valence-corrected chi connectivity index (χ0v) is 18.0. The van der Waals surface area contributed by atoms with Crippen molar-refractivity contribution in [3.05, 3.63) is 107 Å². The summed E-state index contributed by atoms with van der Waals surface area (Å²) >= 11 is 0. The maximum absolute atomic E-state index is 13.2. The molecular weight excluding hydrogens is 396 g/mol. The van der Waals surface area contributed by atoms with Gasteiger partial charge in [0.2, 0.25) is 0 Å². The molecule has 1 aliphatic heterocycles. The second-order valence-electron chi connectivity index (χ2n) is 8.58. The number of ketones is 1. The standard InChI is InChI=1S/C28H26N2O2/c31-27(22-9-5-2-6-10-22)25-19-29-26-12-11-23(18-24(25)26)28(32)30-15-13-21(14-16-30)17-20-7-3-1-4-8-20/h1-12,18-19,21,29H,13-17H2. The van der Waals surface area contributed by atoms with Gasteiger partial charge in [-0.3, -0.25) is 9.59 Å². The van der Waals surface area contributed by atoms with E-state index in [1.807, 2.05) is 59.5 Å². The molecule has 2 heterocycles. The van der Waals surface area contributed by atoms with Crippen LogP contribution < -0.4 is 0 Å². The van der Waals surface area contributed by atoms with Crippen molar-refractivity contribution >= 4 is 22.6 Å². The van der Waals surface area contributed by atoms with Crippen LogP contribution in [0.5, 0.6) is 0 Å². The van der Waals surface area contributed by atoms with Gasteiger partial charge in [-0.1, -0.05) is 60.7 Å². The third-order valence-electron chi connectivity index (χ3n) is 6.48. The Balaban J connectivity index is 1.31. The summed E-state index contributed by atoms with van der Waals surface area (Å²) in [5.74, 6) is 0.622. The summed E-state index contributed by atoms with van der Waals surface area (Å²) in [4.78, 5) is 31.3. The van der Waals surface area contributed by atoms with Crippen molar-refractivity contribution in [1.82, 2.24) is 9.88 Å². The van der Waals surface area contributed by atoms with Gasteiger partial charge in [0.25, 0.3) is 5.91 Å². The minimum absolute atomic E-state index is 0.0387. The number of fused-ring (bicyclic) bond motifs is 1. The van der Waals surface area contributed by atoms with E-state index < -0.39 is 0 Å². The highest BCUT2D eigenvalue weighted by Gasteiger charge is 2.24. The van der Waals surface area contributed by atoms with Crippen molar-refractivity contribution < 1.29 is 9.59 Å². The quantitative estimate of drug-likeness (QED) is 0.432. The third-order valence-corrected chi connectivity index (χ3v) is 6.48. The maximum atomic E-state index is 13.2. The van der Waals surface area contributed by atoms with Gasteiger partial charge in [0.1, 0.15) is 0 Å². The predicted molar refractivity (Wildman–Crippen MR) is 127 cm³/mol. The SMILES string of the molecule is O=C(c1ccccc1)c1c[nH]c2ccc(C(=O)N3CCC(Cc4ccccc4)CC3)cc12. The second kappa shape index (κ2) is 8.83. The third kappa shape index (κ3) is 4.09. The molecule has 4 heteroatoms. The molecule has 0 bridgehead atoms. The minimum Gasteiger partial charge on any atom is -0.360 e. The number of aromatic nitrogens is 1. The van der Waals surface area contributed by atoms with E-state index in [1.165, 1.54) is 5.56 Å². The summed E-state index contributed by atoms with van der Waals surface area (Å²) in [6.07, 6.45) is 4.85. The Kier molecular flexibility index (Phi) is 5.59. The van der Waals surface area contributed by atoms with E-state index in [-0.39, 0.29) is 11.7 Å². The van der Waals surface area contributed by atoms with Crippen molar-refractivity contribution in [3.63, 3.8) is 0 Å². The van der Waals surface area contributed by atoms with Gasteiger partial charge < -0.3 is 9.88 Å². The van der Waals surface area contributed by atoms with Gasteiger partial charge >= 0.3 is 0 Å². The monoisotopic (exact) mass is 422 g/mol. The first kappa shape index (κ1) is 20.3. The fourth-order valence-electron chi connectivity index (χ4n) is 4.66. The van der Waals surface area contributed by atoms with Crippen LogP contribution >= 0.6 is 0 Å². The van der Waals surface area contributed by atoms with Crippen LogP contribution in [-0.4, -0.2) is 34.7 Å². The lowest BCUT2D eigenvalue weighted by molar-refractivity contribution is 0.0690. The molecule has 0 saturated carbocycles. The van der Waals surface area contributed by atoms with Crippen LogP contribution in [0, 0.1) is 5.92 Å². The zero-order chi connectivity index (χ0) is 21.9. The number of aromatic amines is 1. The molecular formula is C28H26N2O2. The van der Waals surface area contributed by atoms with Gasteiger partial charge in [-0.15, -0.1) is 0 Å². The smallest absolute Gasteiger partial charge is 0.253 e. The van der Waals surface area contributed by atoms with Crippen molar-refractivity contribution in [2.75, 3.05) is 13.1 Å². The molecule has 32 heavy (non-hydrogen) atoms. The number of nitrogens with one attached hydrogen (secondary N) is 1. The molecule has 4 nitrogen and oxygen atoms in total. The van der Waals surface area contributed by atoms with Crippen LogP contribution in [0.3, 0.4) is 0 Å². The summed E-state index contributed by atoms with van der Waals surface area (Å²) < 4.78 is 0. The Labute approximate surface area is 187 Å². The molecule has 5 rings (SSSR count). The average molecular weight is 423 g/mol. The normalized spacial score (nSPS) is 14.6.